The van der Waals surface area contributed by atoms with E-state index in [2.05, 4.69) is 34.7 Å². The van der Waals surface area contributed by atoms with Gasteiger partial charge in [-0.3, -0.25) is 9.79 Å². The van der Waals surface area contributed by atoms with E-state index in [0.29, 0.717) is 26.1 Å². The Kier molecular flexibility index (Phi) is 8.12. The molecule has 1 aliphatic rings. The molecule has 6 heteroatoms. The highest BCUT2D eigenvalue weighted by molar-refractivity contribution is 5.80. The van der Waals surface area contributed by atoms with Crippen LogP contribution in [-0.2, 0) is 17.9 Å². The Morgan fingerprint density at radius 2 is 1.77 bits per heavy atom. The van der Waals surface area contributed by atoms with Crippen molar-refractivity contribution in [3.63, 3.8) is 0 Å². The standard InChI is InChI=1S/C24H32N4O2/c1-3-25-24(27-15-16-30-22-12-10-19(2)11-13-22)26-14-6-9-23(29)28-17-20-7-4-5-8-21(20)18-28/h4-5,7-8,10-13H,3,6,9,14-18H2,1-2H3,(H2,25,26,27). The van der Waals surface area contributed by atoms with E-state index in [0.717, 1.165) is 37.8 Å². The lowest BCUT2D eigenvalue weighted by Crippen LogP contribution is -2.39. The number of guanidine groups is 1. The molecule has 1 amide bonds. The number of aryl methyl sites for hydroxylation is 1. The Morgan fingerprint density at radius 3 is 2.43 bits per heavy atom. The van der Waals surface area contributed by atoms with Crippen molar-refractivity contribution in [1.82, 2.24) is 15.5 Å². The van der Waals surface area contributed by atoms with Crippen LogP contribution in [0.3, 0.4) is 0 Å². The first-order valence-corrected chi connectivity index (χ1v) is 10.7. The first kappa shape index (κ1) is 21.7. The normalized spacial score (nSPS) is 13.1. The topological polar surface area (TPSA) is 66.0 Å². The minimum atomic E-state index is 0.200. The highest BCUT2D eigenvalue weighted by Crippen LogP contribution is 2.22. The van der Waals surface area contributed by atoms with Crippen LogP contribution in [0.1, 0.15) is 36.5 Å². The summed E-state index contributed by atoms with van der Waals surface area (Å²) < 4.78 is 5.73. The lowest BCUT2D eigenvalue weighted by molar-refractivity contribution is -0.131. The zero-order valence-electron chi connectivity index (χ0n) is 18.0. The molecule has 0 aromatic heterocycles. The maximum atomic E-state index is 12.5. The van der Waals surface area contributed by atoms with Gasteiger partial charge in [-0.25, -0.2) is 0 Å². The van der Waals surface area contributed by atoms with Crippen molar-refractivity contribution < 1.29 is 9.53 Å². The van der Waals surface area contributed by atoms with Gasteiger partial charge in [0, 0.05) is 32.6 Å². The van der Waals surface area contributed by atoms with Crippen LogP contribution in [0.15, 0.2) is 53.5 Å². The van der Waals surface area contributed by atoms with Crippen LogP contribution < -0.4 is 15.4 Å². The fraction of sp³-hybridized carbons (Fsp3) is 0.417. The van der Waals surface area contributed by atoms with E-state index in [9.17, 15) is 4.79 Å². The van der Waals surface area contributed by atoms with Gasteiger partial charge in [0.25, 0.3) is 0 Å². The van der Waals surface area contributed by atoms with Gasteiger partial charge in [-0.15, -0.1) is 0 Å². The minimum absolute atomic E-state index is 0.200. The van der Waals surface area contributed by atoms with Crippen LogP contribution in [0.5, 0.6) is 5.75 Å². The van der Waals surface area contributed by atoms with Crippen LogP contribution in [0.25, 0.3) is 0 Å². The van der Waals surface area contributed by atoms with Gasteiger partial charge in [0.15, 0.2) is 5.96 Å². The summed E-state index contributed by atoms with van der Waals surface area (Å²) in [7, 11) is 0. The summed E-state index contributed by atoms with van der Waals surface area (Å²) in [5.41, 5.74) is 3.74. The average molecular weight is 409 g/mol. The number of aliphatic imine (C=N–C) groups is 1. The van der Waals surface area contributed by atoms with Crippen molar-refractivity contribution in [3.05, 3.63) is 65.2 Å². The molecular weight excluding hydrogens is 376 g/mol. The van der Waals surface area contributed by atoms with E-state index in [1.54, 1.807) is 0 Å². The SMILES string of the molecule is CCNC(=NCCCC(=O)N1Cc2ccccc2C1)NCCOc1ccc(C)cc1. The average Bonchev–Trinajstić information content (AvgIpc) is 3.19. The van der Waals surface area contributed by atoms with Crippen LogP contribution in [0.2, 0.25) is 0 Å². The van der Waals surface area contributed by atoms with Crippen LogP contribution in [-0.4, -0.2) is 43.0 Å². The number of carbonyl (C=O) groups is 1. The largest absolute Gasteiger partial charge is 0.492 e. The number of rotatable bonds is 9. The number of fused-ring (bicyclic) bond motifs is 1. The highest BCUT2D eigenvalue weighted by atomic mass is 16.5. The monoisotopic (exact) mass is 408 g/mol. The maximum Gasteiger partial charge on any atom is 0.223 e. The number of amides is 1. The van der Waals surface area contributed by atoms with Crippen LogP contribution in [0.4, 0.5) is 0 Å². The van der Waals surface area contributed by atoms with Gasteiger partial charge in [0.2, 0.25) is 5.91 Å². The van der Waals surface area contributed by atoms with E-state index < -0.39 is 0 Å². The third kappa shape index (κ3) is 6.51. The lowest BCUT2D eigenvalue weighted by Gasteiger charge is -2.15. The molecule has 0 saturated heterocycles. The molecule has 0 bridgehead atoms. The van der Waals surface area contributed by atoms with Gasteiger partial charge in [-0.05, 0) is 43.5 Å². The van der Waals surface area contributed by atoms with Gasteiger partial charge < -0.3 is 20.3 Å². The van der Waals surface area contributed by atoms with Gasteiger partial charge >= 0.3 is 0 Å². The first-order chi connectivity index (χ1) is 14.7. The van der Waals surface area contributed by atoms with Crippen molar-refractivity contribution in [3.8, 4) is 5.75 Å². The first-order valence-electron chi connectivity index (χ1n) is 10.7. The second-order valence-electron chi connectivity index (χ2n) is 7.47. The van der Waals surface area contributed by atoms with Crippen molar-refractivity contribution in [2.45, 2.75) is 39.8 Å². The Labute approximate surface area is 179 Å². The third-order valence-corrected chi connectivity index (χ3v) is 5.04. The van der Waals surface area contributed by atoms with E-state index in [1.165, 1.54) is 16.7 Å². The molecule has 1 heterocycles. The maximum absolute atomic E-state index is 12.5. The molecule has 3 rings (SSSR count). The summed E-state index contributed by atoms with van der Waals surface area (Å²) in [4.78, 5) is 19.0. The van der Waals surface area contributed by atoms with Gasteiger partial charge in [-0.2, -0.15) is 0 Å². The van der Waals surface area contributed by atoms with Crippen molar-refractivity contribution in [1.29, 1.82) is 0 Å². The van der Waals surface area contributed by atoms with Crippen LogP contribution in [0, 0.1) is 6.92 Å². The quantitative estimate of drug-likeness (QED) is 0.380. The molecule has 1 aliphatic heterocycles. The van der Waals surface area contributed by atoms with Crippen molar-refractivity contribution >= 4 is 11.9 Å². The molecule has 0 unspecified atom stereocenters. The summed E-state index contributed by atoms with van der Waals surface area (Å²) in [6.45, 7) is 8.16. The van der Waals surface area contributed by atoms with E-state index in [4.69, 9.17) is 4.74 Å². The Bertz CT molecular complexity index is 824. The van der Waals surface area contributed by atoms with Crippen LogP contribution >= 0.6 is 0 Å². The van der Waals surface area contributed by atoms with Crippen molar-refractivity contribution in [2.75, 3.05) is 26.2 Å². The number of benzene rings is 2. The second-order valence-corrected chi connectivity index (χ2v) is 7.47. The summed E-state index contributed by atoms with van der Waals surface area (Å²) in [6.07, 6.45) is 1.26. The summed E-state index contributed by atoms with van der Waals surface area (Å²) >= 11 is 0. The molecule has 2 N–H and O–H groups in total. The van der Waals surface area contributed by atoms with Gasteiger partial charge in [-0.1, -0.05) is 42.0 Å². The zero-order chi connectivity index (χ0) is 21.2. The molecule has 160 valence electrons. The molecule has 0 aliphatic carbocycles. The predicted octanol–water partition coefficient (Wildman–Crippen LogP) is 3.25. The summed E-state index contributed by atoms with van der Waals surface area (Å²) in [6, 6.07) is 16.3. The molecule has 30 heavy (non-hydrogen) atoms. The molecular formula is C24H32N4O2. The number of ether oxygens (including phenoxy) is 1. The molecule has 0 saturated carbocycles. The molecule has 2 aromatic carbocycles. The Balaban J connectivity index is 1.35. The van der Waals surface area contributed by atoms with Gasteiger partial charge in [0.05, 0.1) is 6.54 Å². The number of carbonyl (C=O) groups excluding carboxylic acids is 1. The summed E-state index contributed by atoms with van der Waals surface area (Å²) in [5, 5.41) is 6.51. The molecule has 0 atom stereocenters. The fourth-order valence-corrected chi connectivity index (χ4v) is 3.40. The Hall–Kier alpha value is -3.02. The van der Waals surface area contributed by atoms with E-state index in [-0.39, 0.29) is 5.91 Å². The smallest absolute Gasteiger partial charge is 0.223 e. The fourth-order valence-electron chi connectivity index (χ4n) is 3.40. The Morgan fingerprint density at radius 1 is 1.07 bits per heavy atom. The minimum Gasteiger partial charge on any atom is -0.492 e. The van der Waals surface area contributed by atoms with Gasteiger partial charge in [0.1, 0.15) is 12.4 Å². The number of nitrogens with zero attached hydrogens (tertiary/aromatic N) is 2. The molecule has 0 fully saturated rings. The zero-order valence-corrected chi connectivity index (χ0v) is 18.0. The van der Waals surface area contributed by atoms with E-state index >= 15 is 0 Å². The highest BCUT2D eigenvalue weighted by Gasteiger charge is 2.22. The lowest BCUT2D eigenvalue weighted by atomic mass is 10.1. The van der Waals surface area contributed by atoms with E-state index in [1.807, 2.05) is 48.2 Å². The molecule has 0 spiro atoms. The molecule has 0 radical (unpaired) electrons. The molecule has 6 nitrogen and oxygen atoms in total. The second kappa shape index (κ2) is 11.2. The summed E-state index contributed by atoms with van der Waals surface area (Å²) in [5.74, 6) is 1.82. The number of nitrogens with one attached hydrogen (secondary N) is 2. The predicted molar refractivity (Wildman–Crippen MR) is 121 cm³/mol. The van der Waals surface area contributed by atoms with Crippen molar-refractivity contribution in [2.24, 2.45) is 4.99 Å². The third-order valence-electron chi connectivity index (χ3n) is 5.04. The number of hydrogen-bond acceptors (Lipinski definition) is 3. The number of hydrogen-bond donors (Lipinski definition) is 2. The molecule has 2 aromatic rings.